The van der Waals surface area contributed by atoms with E-state index in [1.54, 1.807) is 7.05 Å². The number of carboxylic acid groups (broad SMARTS) is 1. The summed E-state index contributed by atoms with van der Waals surface area (Å²) in [6.07, 6.45) is -0.637. The van der Waals surface area contributed by atoms with E-state index < -0.39 is 24.1 Å². The minimum absolute atomic E-state index is 0.205. The third kappa shape index (κ3) is 5.26. The lowest BCUT2D eigenvalue weighted by Crippen LogP contribution is -2.55. The Labute approximate surface area is 191 Å². The van der Waals surface area contributed by atoms with Gasteiger partial charge in [0.2, 0.25) is 11.8 Å². The molecule has 3 aromatic rings. The van der Waals surface area contributed by atoms with Crippen molar-refractivity contribution in [2.45, 2.75) is 24.9 Å². The van der Waals surface area contributed by atoms with E-state index in [2.05, 4.69) is 5.32 Å². The second kappa shape index (κ2) is 10.3. The van der Waals surface area contributed by atoms with E-state index in [9.17, 15) is 19.5 Å². The Kier molecular flexibility index (Phi) is 7.48. The van der Waals surface area contributed by atoms with Gasteiger partial charge in [0.25, 0.3) is 0 Å². The zero-order valence-corrected chi connectivity index (χ0v) is 19.1. The van der Waals surface area contributed by atoms with Crippen LogP contribution in [0.25, 0.3) is 10.8 Å². The lowest BCUT2D eigenvalue weighted by atomic mass is 9.99. The van der Waals surface area contributed by atoms with Gasteiger partial charge in [0, 0.05) is 38.9 Å². The molecule has 7 nitrogen and oxygen atoms in total. The number of carbonyl (C=O) groups excluding carboxylic acids is 2. The van der Waals surface area contributed by atoms with Crippen LogP contribution in [0.1, 0.15) is 10.4 Å². The molecule has 1 heterocycles. The summed E-state index contributed by atoms with van der Waals surface area (Å²) in [7, 11) is 4.46. The maximum absolute atomic E-state index is 13.5. The van der Waals surface area contributed by atoms with Gasteiger partial charge in [-0.2, -0.15) is 0 Å². The number of nitrogens with one attached hydrogen (secondary N) is 1. The average Bonchev–Trinajstić information content (AvgIpc) is 3.32. The Balaban J connectivity index is 1.89. The van der Waals surface area contributed by atoms with Crippen molar-refractivity contribution in [1.82, 2.24) is 15.1 Å². The van der Waals surface area contributed by atoms with Crippen molar-refractivity contribution in [3.05, 3.63) is 70.4 Å². The van der Waals surface area contributed by atoms with Crippen LogP contribution in [0.4, 0.5) is 4.79 Å². The summed E-state index contributed by atoms with van der Waals surface area (Å²) < 4.78 is 0. The van der Waals surface area contributed by atoms with Crippen LogP contribution < -0.4 is 5.32 Å². The van der Waals surface area contributed by atoms with Crippen LogP contribution in [0, 0.1) is 0 Å². The van der Waals surface area contributed by atoms with E-state index >= 15 is 0 Å². The summed E-state index contributed by atoms with van der Waals surface area (Å²) in [4.78, 5) is 41.2. The molecule has 168 valence electrons. The van der Waals surface area contributed by atoms with E-state index in [-0.39, 0.29) is 12.3 Å². The number of nitrogens with zero attached hydrogens (tertiary/aromatic N) is 2. The third-order valence-electron chi connectivity index (χ3n) is 5.64. The standard InChI is InChI=1S/C24H27N3O4S/c1-25-22(28)20(15-19-9-6-12-32-19)26(2)23(29)21(27(3)24(30)31)14-16-10-11-17-7-4-5-8-18(17)13-16/h4-13,20-21H,14-15H2,1-3H3,(H,25,28)(H,30,31)/t20-,21-/m1/s1. The van der Waals surface area contributed by atoms with Crippen molar-refractivity contribution in [1.29, 1.82) is 0 Å². The number of hydrogen-bond donors (Lipinski definition) is 2. The molecule has 0 radical (unpaired) electrons. The van der Waals surface area contributed by atoms with Gasteiger partial charge in [0.05, 0.1) is 0 Å². The average molecular weight is 454 g/mol. The van der Waals surface area contributed by atoms with Gasteiger partial charge in [0.1, 0.15) is 12.1 Å². The summed E-state index contributed by atoms with van der Waals surface area (Å²) in [5, 5.41) is 16.2. The molecule has 0 fully saturated rings. The van der Waals surface area contributed by atoms with Crippen molar-refractivity contribution in [2.75, 3.05) is 21.1 Å². The van der Waals surface area contributed by atoms with Crippen LogP contribution >= 0.6 is 11.3 Å². The molecule has 0 bridgehead atoms. The van der Waals surface area contributed by atoms with Crippen molar-refractivity contribution < 1.29 is 19.5 Å². The third-order valence-corrected chi connectivity index (χ3v) is 6.53. The SMILES string of the molecule is CNC(=O)[C@@H](Cc1cccs1)N(C)C(=O)[C@@H](Cc1ccc2ccccc2c1)N(C)C(=O)O. The Hall–Kier alpha value is -3.39. The van der Waals surface area contributed by atoms with E-state index in [4.69, 9.17) is 0 Å². The Morgan fingerprint density at radius 2 is 1.66 bits per heavy atom. The van der Waals surface area contributed by atoms with Gasteiger partial charge in [-0.15, -0.1) is 11.3 Å². The number of rotatable bonds is 8. The molecule has 2 atom stereocenters. The van der Waals surface area contributed by atoms with Crippen molar-refractivity contribution >= 4 is 40.0 Å². The highest BCUT2D eigenvalue weighted by Gasteiger charge is 2.35. The highest BCUT2D eigenvalue weighted by molar-refractivity contribution is 7.09. The molecule has 0 aliphatic heterocycles. The molecule has 0 aliphatic carbocycles. The van der Waals surface area contributed by atoms with Crippen LogP contribution in [-0.4, -0.2) is 66.0 Å². The molecular weight excluding hydrogens is 426 g/mol. The van der Waals surface area contributed by atoms with Gasteiger partial charge in [-0.3, -0.25) is 14.5 Å². The molecule has 0 spiro atoms. The summed E-state index contributed by atoms with van der Waals surface area (Å²) in [5.74, 6) is -0.718. The minimum Gasteiger partial charge on any atom is -0.465 e. The molecule has 0 unspecified atom stereocenters. The number of fused-ring (bicyclic) bond motifs is 1. The first kappa shape index (κ1) is 23.3. The lowest BCUT2D eigenvalue weighted by molar-refractivity contribution is -0.142. The fourth-order valence-electron chi connectivity index (χ4n) is 3.69. The van der Waals surface area contributed by atoms with Crippen molar-refractivity contribution in [2.24, 2.45) is 0 Å². The first-order valence-corrected chi connectivity index (χ1v) is 11.1. The zero-order valence-electron chi connectivity index (χ0n) is 18.3. The highest BCUT2D eigenvalue weighted by Crippen LogP contribution is 2.20. The quantitative estimate of drug-likeness (QED) is 0.548. The van der Waals surface area contributed by atoms with E-state index in [0.717, 1.165) is 26.1 Å². The predicted octanol–water partition coefficient (Wildman–Crippen LogP) is 3.24. The maximum Gasteiger partial charge on any atom is 0.407 e. The number of amides is 3. The maximum atomic E-state index is 13.5. The number of likely N-dealkylation sites (N-methyl/N-ethyl adjacent to an activating group) is 3. The van der Waals surface area contributed by atoms with Crippen LogP contribution in [0.2, 0.25) is 0 Å². The van der Waals surface area contributed by atoms with E-state index in [0.29, 0.717) is 6.42 Å². The summed E-state index contributed by atoms with van der Waals surface area (Å²) in [6, 6.07) is 15.8. The van der Waals surface area contributed by atoms with Crippen LogP contribution in [-0.2, 0) is 22.4 Å². The second-order valence-corrected chi connectivity index (χ2v) is 8.69. The molecule has 3 rings (SSSR count). The van der Waals surface area contributed by atoms with Crippen LogP contribution in [0.15, 0.2) is 60.0 Å². The molecule has 2 aromatic carbocycles. The fourth-order valence-corrected chi connectivity index (χ4v) is 4.44. The van der Waals surface area contributed by atoms with Crippen molar-refractivity contribution in [3.63, 3.8) is 0 Å². The van der Waals surface area contributed by atoms with Crippen molar-refractivity contribution in [3.8, 4) is 0 Å². The van der Waals surface area contributed by atoms with Gasteiger partial charge >= 0.3 is 6.09 Å². The summed E-state index contributed by atoms with van der Waals surface area (Å²) in [5.41, 5.74) is 0.846. The van der Waals surface area contributed by atoms with Gasteiger partial charge < -0.3 is 15.3 Å². The first-order valence-electron chi connectivity index (χ1n) is 10.3. The van der Waals surface area contributed by atoms with Gasteiger partial charge in [0.15, 0.2) is 0 Å². The van der Waals surface area contributed by atoms with Crippen LogP contribution in [0.3, 0.4) is 0 Å². The zero-order chi connectivity index (χ0) is 23.3. The van der Waals surface area contributed by atoms with E-state index in [1.165, 1.54) is 30.3 Å². The monoisotopic (exact) mass is 453 g/mol. The molecule has 32 heavy (non-hydrogen) atoms. The van der Waals surface area contributed by atoms with Gasteiger partial charge in [-0.05, 0) is 27.8 Å². The number of hydrogen-bond acceptors (Lipinski definition) is 4. The topological polar surface area (TPSA) is 90.0 Å². The molecule has 0 saturated heterocycles. The largest absolute Gasteiger partial charge is 0.465 e. The smallest absolute Gasteiger partial charge is 0.407 e. The lowest BCUT2D eigenvalue weighted by Gasteiger charge is -2.33. The first-order chi connectivity index (χ1) is 15.3. The second-order valence-electron chi connectivity index (χ2n) is 7.66. The van der Waals surface area contributed by atoms with E-state index in [1.807, 2.05) is 60.0 Å². The Morgan fingerprint density at radius 1 is 0.938 bits per heavy atom. The molecule has 3 amide bonds. The molecule has 8 heteroatoms. The normalized spacial score (nSPS) is 12.7. The molecular formula is C24H27N3O4S. The predicted molar refractivity (Wildman–Crippen MR) is 126 cm³/mol. The number of carbonyl (C=O) groups is 3. The minimum atomic E-state index is -1.20. The summed E-state index contributed by atoms with van der Waals surface area (Å²) >= 11 is 1.51. The fraction of sp³-hybridized carbons (Fsp3) is 0.292. The molecule has 2 N–H and O–H groups in total. The molecule has 1 aromatic heterocycles. The molecule has 0 saturated carbocycles. The summed E-state index contributed by atoms with van der Waals surface area (Å²) in [6.45, 7) is 0. The molecule has 0 aliphatic rings. The number of benzene rings is 2. The van der Waals surface area contributed by atoms with Gasteiger partial charge in [-0.1, -0.05) is 48.5 Å². The van der Waals surface area contributed by atoms with Crippen LogP contribution in [0.5, 0.6) is 0 Å². The number of thiophene rings is 1. The van der Waals surface area contributed by atoms with Gasteiger partial charge in [-0.25, -0.2) is 4.79 Å². The highest BCUT2D eigenvalue weighted by atomic mass is 32.1. The Bertz CT molecular complexity index is 1100. The Morgan fingerprint density at radius 3 is 2.28 bits per heavy atom.